The quantitative estimate of drug-likeness (QED) is 0.538. The lowest BCUT2D eigenvalue weighted by molar-refractivity contribution is 0.432. The van der Waals surface area contributed by atoms with E-state index in [9.17, 15) is 0 Å². The zero-order valence-electron chi connectivity index (χ0n) is 5.55. The molecule has 54 valence electrons. The van der Waals surface area contributed by atoms with E-state index in [1.165, 1.54) is 0 Å². The Bertz CT molecular complexity index is 200. The molecule has 0 amide bonds. The number of aromatic nitrogens is 1. The molecule has 2 rings (SSSR count). The molecule has 1 aliphatic rings. The van der Waals surface area contributed by atoms with Crippen molar-refractivity contribution < 1.29 is 4.52 Å². The van der Waals surface area contributed by atoms with Crippen molar-refractivity contribution in [2.75, 3.05) is 18.4 Å². The average molecular weight is 139 g/mol. The third-order valence-corrected chi connectivity index (χ3v) is 1.55. The van der Waals surface area contributed by atoms with Crippen LogP contribution in [0.25, 0.3) is 0 Å². The molecule has 1 aliphatic heterocycles. The number of rotatable bonds is 0. The van der Waals surface area contributed by atoms with Crippen LogP contribution in [0.5, 0.6) is 0 Å². The third kappa shape index (κ3) is 0.863. The van der Waals surface area contributed by atoms with Gasteiger partial charge in [0, 0.05) is 19.6 Å². The van der Waals surface area contributed by atoms with Gasteiger partial charge in [0.25, 0.3) is 0 Å². The van der Waals surface area contributed by atoms with Gasteiger partial charge in [0.1, 0.15) is 0 Å². The molecule has 10 heavy (non-hydrogen) atoms. The lowest BCUT2D eigenvalue weighted by Crippen LogP contribution is -2.17. The monoisotopic (exact) mass is 139 g/mol. The van der Waals surface area contributed by atoms with Crippen LogP contribution in [0.15, 0.2) is 10.7 Å². The zero-order valence-corrected chi connectivity index (χ0v) is 5.55. The van der Waals surface area contributed by atoms with Gasteiger partial charge in [-0.3, -0.25) is 0 Å². The first kappa shape index (κ1) is 5.73. The molecule has 0 bridgehead atoms. The summed E-state index contributed by atoms with van der Waals surface area (Å²) in [5, 5.41) is 10.0. The Morgan fingerprint density at radius 1 is 1.50 bits per heavy atom. The highest BCUT2D eigenvalue weighted by Gasteiger charge is 2.09. The van der Waals surface area contributed by atoms with Crippen molar-refractivity contribution in [3.05, 3.63) is 11.8 Å². The summed E-state index contributed by atoms with van der Waals surface area (Å²) in [5.74, 6) is 0.810. The first-order valence-electron chi connectivity index (χ1n) is 3.35. The van der Waals surface area contributed by atoms with Gasteiger partial charge < -0.3 is 15.2 Å². The second-order valence-corrected chi connectivity index (χ2v) is 2.28. The van der Waals surface area contributed by atoms with E-state index in [-0.39, 0.29) is 0 Å². The maximum Gasteiger partial charge on any atom is 0.229 e. The number of hydrogen-bond acceptors (Lipinski definition) is 4. The molecule has 2 N–H and O–H groups in total. The summed E-state index contributed by atoms with van der Waals surface area (Å²) in [6.07, 6.45) is 1.74. The van der Waals surface area contributed by atoms with Crippen molar-refractivity contribution in [1.82, 2.24) is 10.5 Å². The van der Waals surface area contributed by atoms with Crippen LogP contribution in [0.1, 0.15) is 5.56 Å². The maximum atomic E-state index is 4.93. The van der Waals surface area contributed by atoms with Crippen LogP contribution in [0, 0.1) is 0 Å². The summed E-state index contributed by atoms with van der Waals surface area (Å²) in [6, 6.07) is 0. The van der Waals surface area contributed by atoms with Gasteiger partial charge in [0.05, 0.1) is 11.8 Å². The molecule has 4 heteroatoms. The molecule has 0 unspecified atom stereocenters. The first-order valence-corrected chi connectivity index (χ1v) is 3.35. The Kier molecular flexibility index (Phi) is 1.32. The van der Waals surface area contributed by atoms with E-state index >= 15 is 0 Å². The molecule has 1 aromatic heterocycles. The topological polar surface area (TPSA) is 50.1 Å². The first-order chi connectivity index (χ1) is 4.97. The highest BCUT2D eigenvalue weighted by atomic mass is 16.5. The van der Waals surface area contributed by atoms with Crippen LogP contribution in [0.3, 0.4) is 0 Å². The standard InChI is InChI=1S/C6H9N3O/c1-2-8-6-5(3-7-1)4-9-10-6/h4,7-8H,1-3H2. The maximum absolute atomic E-state index is 4.93. The van der Waals surface area contributed by atoms with Crippen LogP contribution < -0.4 is 10.6 Å². The minimum atomic E-state index is 0.810. The number of nitrogens with one attached hydrogen (secondary N) is 2. The molecule has 0 fully saturated rings. The lowest BCUT2D eigenvalue weighted by Gasteiger charge is -1.94. The van der Waals surface area contributed by atoms with Gasteiger partial charge >= 0.3 is 0 Å². The fourth-order valence-electron chi connectivity index (χ4n) is 1.02. The van der Waals surface area contributed by atoms with E-state index in [0.29, 0.717) is 0 Å². The van der Waals surface area contributed by atoms with E-state index in [1.54, 1.807) is 6.20 Å². The van der Waals surface area contributed by atoms with Crippen molar-refractivity contribution in [3.63, 3.8) is 0 Å². The third-order valence-electron chi connectivity index (χ3n) is 1.55. The highest BCUT2D eigenvalue weighted by Crippen LogP contribution is 2.14. The Morgan fingerprint density at radius 3 is 3.50 bits per heavy atom. The fraction of sp³-hybridized carbons (Fsp3) is 0.500. The van der Waals surface area contributed by atoms with E-state index in [4.69, 9.17) is 4.52 Å². The van der Waals surface area contributed by atoms with Gasteiger partial charge in [-0.05, 0) is 0 Å². The minimum absolute atomic E-state index is 0.810. The molecule has 4 nitrogen and oxygen atoms in total. The molecule has 1 aromatic rings. The van der Waals surface area contributed by atoms with E-state index in [2.05, 4.69) is 15.8 Å². The lowest BCUT2D eigenvalue weighted by atomic mass is 10.3. The number of nitrogens with zero attached hydrogens (tertiary/aromatic N) is 1. The van der Waals surface area contributed by atoms with Gasteiger partial charge in [-0.2, -0.15) is 0 Å². The highest BCUT2D eigenvalue weighted by molar-refractivity contribution is 5.39. The summed E-state index contributed by atoms with van der Waals surface area (Å²) in [7, 11) is 0. The molecular weight excluding hydrogens is 130 g/mol. The van der Waals surface area contributed by atoms with Crippen molar-refractivity contribution in [3.8, 4) is 0 Å². The molecule has 0 aromatic carbocycles. The molecule has 0 radical (unpaired) electrons. The van der Waals surface area contributed by atoms with Gasteiger partial charge in [-0.1, -0.05) is 5.16 Å². The van der Waals surface area contributed by atoms with Crippen LogP contribution in [-0.2, 0) is 6.54 Å². The molecule has 0 saturated carbocycles. The molecule has 2 heterocycles. The van der Waals surface area contributed by atoms with Crippen LogP contribution in [-0.4, -0.2) is 18.2 Å². The summed E-state index contributed by atoms with van der Waals surface area (Å²) in [4.78, 5) is 0. The predicted octanol–water partition coefficient (Wildman–Crippen LogP) is 0.190. The summed E-state index contributed by atoms with van der Waals surface area (Å²) in [5.41, 5.74) is 1.11. The molecule has 0 saturated heterocycles. The predicted molar refractivity (Wildman–Crippen MR) is 36.7 cm³/mol. The van der Waals surface area contributed by atoms with Gasteiger partial charge in [0.15, 0.2) is 0 Å². The van der Waals surface area contributed by atoms with Crippen molar-refractivity contribution in [2.24, 2.45) is 0 Å². The minimum Gasteiger partial charge on any atom is -0.352 e. The fourth-order valence-corrected chi connectivity index (χ4v) is 1.02. The Hall–Kier alpha value is -1.03. The molecule has 0 aliphatic carbocycles. The Morgan fingerprint density at radius 2 is 2.50 bits per heavy atom. The Balaban J connectivity index is 2.28. The van der Waals surface area contributed by atoms with Crippen molar-refractivity contribution in [1.29, 1.82) is 0 Å². The van der Waals surface area contributed by atoms with E-state index < -0.39 is 0 Å². The second-order valence-electron chi connectivity index (χ2n) is 2.28. The summed E-state index contributed by atoms with van der Waals surface area (Å²) in [6.45, 7) is 2.73. The zero-order chi connectivity index (χ0) is 6.81. The van der Waals surface area contributed by atoms with Gasteiger partial charge in [-0.25, -0.2) is 0 Å². The average Bonchev–Trinajstić information content (AvgIpc) is 2.28. The van der Waals surface area contributed by atoms with Crippen LogP contribution >= 0.6 is 0 Å². The largest absolute Gasteiger partial charge is 0.352 e. The number of anilines is 1. The summed E-state index contributed by atoms with van der Waals surface area (Å²) < 4.78 is 4.93. The second kappa shape index (κ2) is 2.30. The normalized spacial score (nSPS) is 17.2. The smallest absolute Gasteiger partial charge is 0.229 e. The Labute approximate surface area is 58.6 Å². The van der Waals surface area contributed by atoms with Gasteiger partial charge in [0.2, 0.25) is 5.88 Å². The van der Waals surface area contributed by atoms with E-state index in [0.717, 1.165) is 31.1 Å². The van der Waals surface area contributed by atoms with Crippen molar-refractivity contribution >= 4 is 5.88 Å². The summed E-state index contributed by atoms with van der Waals surface area (Å²) >= 11 is 0. The molecular formula is C6H9N3O. The van der Waals surface area contributed by atoms with Gasteiger partial charge in [-0.15, -0.1) is 0 Å². The van der Waals surface area contributed by atoms with Crippen molar-refractivity contribution in [2.45, 2.75) is 6.54 Å². The van der Waals surface area contributed by atoms with Crippen LogP contribution in [0.2, 0.25) is 0 Å². The SMILES string of the molecule is c1noc2c1CNCCN2. The van der Waals surface area contributed by atoms with Crippen LogP contribution in [0.4, 0.5) is 5.88 Å². The molecule has 0 spiro atoms. The van der Waals surface area contributed by atoms with E-state index in [1.807, 2.05) is 0 Å². The number of hydrogen-bond donors (Lipinski definition) is 2. The molecule has 0 atom stereocenters. The number of fused-ring (bicyclic) bond motifs is 1.